The van der Waals surface area contributed by atoms with E-state index in [1.807, 2.05) is 6.92 Å². The van der Waals surface area contributed by atoms with Crippen LogP contribution < -0.4 is 10.6 Å². The van der Waals surface area contributed by atoms with Crippen LogP contribution in [0.2, 0.25) is 0 Å². The summed E-state index contributed by atoms with van der Waals surface area (Å²) >= 11 is 0. The highest BCUT2D eigenvalue weighted by molar-refractivity contribution is 14.0. The van der Waals surface area contributed by atoms with E-state index in [1.165, 1.54) is 6.42 Å². The second-order valence-electron chi connectivity index (χ2n) is 6.28. The molecule has 0 spiro atoms. The molecule has 22 heavy (non-hydrogen) atoms. The number of rotatable bonds is 8. The lowest BCUT2D eigenvalue weighted by molar-refractivity contribution is -0.127. The third-order valence-electron chi connectivity index (χ3n) is 2.99. The molecular formula is C16H33IN4O. The van der Waals surface area contributed by atoms with E-state index in [-0.39, 0.29) is 36.4 Å². The molecule has 6 heteroatoms. The van der Waals surface area contributed by atoms with Gasteiger partial charge in [0.1, 0.15) is 6.54 Å². The Labute approximate surface area is 153 Å². The second-order valence-corrected chi connectivity index (χ2v) is 6.28. The van der Waals surface area contributed by atoms with E-state index < -0.39 is 0 Å². The van der Waals surface area contributed by atoms with Gasteiger partial charge in [-0.3, -0.25) is 4.79 Å². The number of guanidine groups is 1. The molecule has 0 rings (SSSR count). The van der Waals surface area contributed by atoms with Crippen LogP contribution >= 0.6 is 24.0 Å². The van der Waals surface area contributed by atoms with E-state index in [9.17, 15) is 4.79 Å². The number of nitrogens with one attached hydrogen (secondary N) is 2. The molecule has 130 valence electrons. The third-order valence-corrected chi connectivity index (χ3v) is 2.99. The summed E-state index contributed by atoms with van der Waals surface area (Å²) in [4.78, 5) is 17.5. The molecule has 2 N–H and O–H groups in total. The van der Waals surface area contributed by atoms with Crippen molar-refractivity contribution in [2.45, 2.75) is 46.6 Å². The Morgan fingerprint density at radius 3 is 2.27 bits per heavy atom. The second kappa shape index (κ2) is 12.7. The molecule has 0 bridgehead atoms. The number of carbonyl (C=O) groups is 1. The fourth-order valence-electron chi connectivity index (χ4n) is 1.56. The van der Waals surface area contributed by atoms with Crippen LogP contribution in [0, 0.1) is 5.92 Å². The van der Waals surface area contributed by atoms with E-state index in [4.69, 9.17) is 0 Å². The number of carbonyl (C=O) groups excluding carboxylic acids is 1. The average molecular weight is 424 g/mol. The van der Waals surface area contributed by atoms with Crippen LogP contribution in [0.4, 0.5) is 0 Å². The fourth-order valence-corrected chi connectivity index (χ4v) is 1.56. The Bertz CT molecular complexity index is 367. The molecule has 1 unspecified atom stereocenters. The number of likely N-dealkylation sites (N-methyl/N-ethyl adjacent to an activating group) is 1. The van der Waals surface area contributed by atoms with Crippen LogP contribution in [0.15, 0.2) is 17.1 Å². The van der Waals surface area contributed by atoms with E-state index in [0.29, 0.717) is 24.5 Å². The SMILES string of the molecule is C=C(C)CNC(=NCC(=O)N(C)C)NC(C)CCC(C)C.I. The molecule has 0 aromatic heterocycles. The van der Waals surface area contributed by atoms with E-state index >= 15 is 0 Å². The van der Waals surface area contributed by atoms with E-state index in [2.05, 4.69) is 43.0 Å². The van der Waals surface area contributed by atoms with Crippen molar-refractivity contribution in [3.8, 4) is 0 Å². The first kappa shape index (κ1) is 23.5. The normalized spacial score (nSPS) is 12.4. The van der Waals surface area contributed by atoms with Gasteiger partial charge in [-0.1, -0.05) is 26.0 Å². The molecule has 0 aliphatic carbocycles. The first-order chi connectivity index (χ1) is 9.72. The highest BCUT2D eigenvalue weighted by Gasteiger charge is 2.08. The van der Waals surface area contributed by atoms with Gasteiger partial charge in [0.25, 0.3) is 0 Å². The van der Waals surface area contributed by atoms with Crippen molar-refractivity contribution in [2.24, 2.45) is 10.9 Å². The molecule has 0 radical (unpaired) electrons. The summed E-state index contributed by atoms with van der Waals surface area (Å²) in [5, 5.41) is 6.55. The van der Waals surface area contributed by atoms with Gasteiger partial charge in [0, 0.05) is 26.7 Å². The van der Waals surface area contributed by atoms with Crippen LogP contribution in [-0.2, 0) is 4.79 Å². The van der Waals surface area contributed by atoms with Gasteiger partial charge in [0.15, 0.2) is 5.96 Å². The molecule has 0 saturated heterocycles. The predicted octanol–water partition coefficient (Wildman–Crippen LogP) is 2.63. The number of halogens is 1. The number of hydrogen-bond donors (Lipinski definition) is 2. The molecular weight excluding hydrogens is 391 g/mol. The van der Waals surface area contributed by atoms with Crippen molar-refractivity contribution in [1.29, 1.82) is 0 Å². The fraction of sp³-hybridized carbons (Fsp3) is 0.750. The number of nitrogens with zero attached hydrogens (tertiary/aromatic N) is 2. The first-order valence-electron chi connectivity index (χ1n) is 7.61. The Morgan fingerprint density at radius 1 is 1.23 bits per heavy atom. The van der Waals surface area contributed by atoms with Crippen molar-refractivity contribution < 1.29 is 4.79 Å². The number of aliphatic imine (C=N–C) groups is 1. The number of amides is 1. The summed E-state index contributed by atoms with van der Waals surface area (Å²) < 4.78 is 0. The summed E-state index contributed by atoms with van der Waals surface area (Å²) in [5.74, 6) is 1.35. The quantitative estimate of drug-likeness (QED) is 0.273. The standard InChI is InChI=1S/C16H32N4O.HI/c1-12(2)8-9-14(5)19-16(17-10-13(3)4)18-11-15(21)20(6)7;/h12,14H,3,8-11H2,1-2,4-7H3,(H2,17,18,19);1H. The van der Waals surface area contributed by atoms with Crippen LogP contribution in [0.3, 0.4) is 0 Å². The maximum Gasteiger partial charge on any atom is 0.243 e. The molecule has 0 saturated carbocycles. The highest BCUT2D eigenvalue weighted by Crippen LogP contribution is 2.06. The third kappa shape index (κ3) is 12.9. The number of hydrogen-bond acceptors (Lipinski definition) is 2. The van der Waals surface area contributed by atoms with Crippen molar-refractivity contribution >= 4 is 35.8 Å². The Morgan fingerprint density at radius 2 is 1.82 bits per heavy atom. The van der Waals surface area contributed by atoms with Crippen molar-refractivity contribution in [3.63, 3.8) is 0 Å². The van der Waals surface area contributed by atoms with Gasteiger partial charge in [0.2, 0.25) is 5.91 Å². The summed E-state index contributed by atoms with van der Waals surface area (Å²) in [6.45, 7) is 13.2. The lowest BCUT2D eigenvalue weighted by Crippen LogP contribution is -2.43. The topological polar surface area (TPSA) is 56.7 Å². The minimum Gasteiger partial charge on any atom is -0.354 e. The average Bonchev–Trinajstić information content (AvgIpc) is 2.38. The van der Waals surface area contributed by atoms with Crippen LogP contribution in [0.5, 0.6) is 0 Å². The van der Waals surface area contributed by atoms with Gasteiger partial charge in [-0.25, -0.2) is 4.99 Å². The molecule has 0 aromatic carbocycles. The first-order valence-corrected chi connectivity index (χ1v) is 7.61. The predicted molar refractivity (Wildman–Crippen MR) is 106 cm³/mol. The monoisotopic (exact) mass is 424 g/mol. The minimum atomic E-state index is -0.0127. The summed E-state index contributed by atoms with van der Waals surface area (Å²) in [7, 11) is 3.47. The molecule has 0 aliphatic heterocycles. The summed E-state index contributed by atoms with van der Waals surface area (Å²) in [6, 6.07) is 0.318. The van der Waals surface area contributed by atoms with Crippen LogP contribution in [0.25, 0.3) is 0 Å². The largest absolute Gasteiger partial charge is 0.354 e. The van der Waals surface area contributed by atoms with Gasteiger partial charge in [0.05, 0.1) is 0 Å². The van der Waals surface area contributed by atoms with Gasteiger partial charge < -0.3 is 15.5 Å². The highest BCUT2D eigenvalue weighted by atomic mass is 127. The maximum atomic E-state index is 11.6. The van der Waals surface area contributed by atoms with Gasteiger partial charge in [-0.05, 0) is 32.6 Å². The molecule has 0 aromatic rings. The van der Waals surface area contributed by atoms with Crippen molar-refractivity contribution in [2.75, 3.05) is 27.2 Å². The molecule has 0 heterocycles. The zero-order valence-corrected chi connectivity index (χ0v) is 17.2. The zero-order chi connectivity index (χ0) is 16.4. The molecule has 1 atom stereocenters. The maximum absolute atomic E-state index is 11.6. The molecule has 1 amide bonds. The van der Waals surface area contributed by atoms with E-state index in [0.717, 1.165) is 12.0 Å². The van der Waals surface area contributed by atoms with Gasteiger partial charge >= 0.3 is 0 Å². The smallest absolute Gasteiger partial charge is 0.243 e. The van der Waals surface area contributed by atoms with Crippen molar-refractivity contribution in [1.82, 2.24) is 15.5 Å². The van der Waals surface area contributed by atoms with Gasteiger partial charge in [-0.15, -0.1) is 24.0 Å². The lowest BCUT2D eigenvalue weighted by atomic mass is 10.0. The van der Waals surface area contributed by atoms with Crippen LogP contribution in [0.1, 0.15) is 40.5 Å². The van der Waals surface area contributed by atoms with Crippen LogP contribution in [-0.4, -0.2) is 50.0 Å². The Hall–Kier alpha value is -0.790. The Kier molecular flexibility index (Phi) is 13.6. The molecule has 0 fully saturated rings. The Balaban J connectivity index is 0. The van der Waals surface area contributed by atoms with Gasteiger partial charge in [-0.2, -0.15) is 0 Å². The molecule has 5 nitrogen and oxygen atoms in total. The van der Waals surface area contributed by atoms with E-state index in [1.54, 1.807) is 19.0 Å². The minimum absolute atomic E-state index is 0. The zero-order valence-electron chi connectivity index (χ0n) is 14.9. The summed E-state index contributed by atoms with van der Waals surface area (Å²) in [5.41, 5.74) is 1.03. The molecule has 0 aliphatic rings. The summed E-state index contributed by atoms with van der Waals surface area (Å²) in [6.07, 6.45) is 2.24. The lowest BCUT2D eigenvalue weighted by Gasteiger charge is -2.19. The van der Waals surface area contributed by atoms with Crippen molar-refractivity contribution in [3.05, 3.63) is 12.2 Å².